The van der Waals surface area contributed by atoms with Crippen LogP contribution in [0.4, 0.5) is 11.4 Å². The minimum atomic E-state index is -0.594. The molecule has 202 valence electrons. The van der Waals surface area contributed by atoms with Gasteiger partial charge in [0.25, 0.3) is 0 Å². The van der Waals surface area contributed by atoms with Gasteiger partial charge in [0.05, 0.1) is 40.1 Å². The Morgan fingerprint density at radius 2 is 1.88 bits per heavy atom. The molecule has 1 atom stereocenters. The van der Waals surface area contributed by atoms with Crippen LogP contribution in [-0.2, 0) is 0 Å². The number of nitriles is 3. The molecule has 1 aliphatic carbocycles. The maximum atomic E-state index is 10.0. The van der Waals surface area contributed by atoms with Crippen molar-refractivity contribution in [2.75, 3.05) is 17.2 Å². The molecule has 9 nitrogen and oxygen atoms in total. The summed E-state index contributed by atoms with van der Waals surface area (Å²) in [4.78, 5) is 4.46. The van der Waals surface area contributed by atoms with Crippen LogP contribution in [0.5, 0.6) is 0 Å². The van der Waals surface area contributed by atoms with Crippen molar-refractivity contribution in [3.05, 3.63) is 76.2 Å². The van der Waals surface area contributed by atoms with Gasteiger partial charge < -0.3 is 16.1 Å². The van der Waals surface area contributed by atoms with Crippen LogP contribution in [-0.4, -0.2) is 22.1 Å². The Balaban J connectivity index is 1.60. The summed E-state index contributed by atoms with van der Waals surface area (Å²) in [5, 5.41) is 39.8. The van der Waals surface area contributed by atoms with Gasteiger partial charge >= 0.3 is 0 Å². The minimum absolute atomic E-state index is 0.0356. The topological polar surface area (TPSA) is 136 Å². The van der Waals surface area contributed by atoms with Crippen LogP contribution >= 0.6 is 11.6 Å². The molecule has 1 aromatic heterocycles. The molecule has 1 aliphatic heterocycles. The molecule has 0 saturated heterocycles. The fraction of sp³-hybridized carbons (Fsp3) is 0.333. The maximum Gasteiger partial charge on any atom is 0.143 e. The first-order valence-corrected chi connectivity index (χ1v) is 13.5. The zero-order valence-electron chi connectivity index (χ0n) is 22.6. The molecule has 3 aromatic rings. The standard InChI is InChI=1S/C30H30ClN9/c1-29(2,3)18-36-27-20(14-33)15-35-26-19(13-32)11-21(12-23(26)27)37-28(22-7-4-5-8-24(22)31)25-16-40(39-38-25)30(17-34)9-6-10-30/h4-5,7-8,11-12,15-16,28,37-39H,6,9-10,18H2,1-3H3,(H,35,36)/t28-/m0/s1. The normalized spacial score (nSPS) is 16.5. The molecule has 0 bridgehead atoms. The van der Waals surface area contributed by atoms with Gasteiger partial charge in [0, 0.05) is 35.0 Å². The predicted molar refractivity (Wildman–Crippen MR) is 155 cm³/mol. The van der Waals surface area contributed by atoms with Crippen molar-refractivity contribution in [2.24, 2.45) is 5.41 Å². The number of nitrogens with one attached hydrogen (secondary N) is 4. The number of benzene rings is 2. The predicted octanol–water partition coefficient (Wildman–Crippen LogP) is 5.86. The van der Waals surface area contributed by atoms with Crippen LogP contribution in [0.25, 0.3) is 10.9 Å². The van der Waals surface area contributed by atoms with Gasteiger partial charge in [0.1, 0.15) is 17.7 Å². The highest BCUT2D eigenvalue weighted by Crippen LogP contribution is 2.40. The van der Waals surface area contributed by atoms with Gasteiger partial charge in [-0.05, 0) is 48.4 Å². The van der Waals surface area contributed by atoms with E-state index < -0.39 is 11.6 Å². The van der Waals surface area contributed by atoms with E-state index in [2.05, 4.69) is 65.6 Å². The van der Waals surface area contributed by atoms with E-state index in [1.807, 2.05) is 41.5 Å². The van der Waals surface area contributed by atoms with Crippen molar-refractivity contribution in [2.45, 2.75) is 51.6 Å². The lowest BCUT2D eigenvalue weighted by molar-refractivity contribution is 0.0668. The van der Waals surface area contributed by atoms with E-state index >= 15 is 0 Å². The van der Waals surface area contributed by atoms with Crippen molar-refractivity contribution in [1.29, 1.82) is 15.8 Å². The smallest absolute Gasteiger partial charge is 0.143 e. The zero-order chi connectivity index (χ0) is 28.5. The van der Waals surface area contributed by atoms with Crippen molar-refractivity contribution in [3.8, 4) is 18.2 Å². The van der Waals surface area contributed by atoms with E-state index in [0.29, 0.717) is 45.0 Å². The maximum absolute atomic E-state index is 10.0. The Hall–Kier alpha value is -4.49. The highest BCUT2D eigenvalue weighted by atomic mass is 35.5. The average molecular weight is 552 g/mol. The molecule has 2 aromatic carbocycles. The first-order valence-electron chi connectivity index (χ1n) is 13.1. The number of anilines is 2. The van der Waals surface area contributed by atoms with Crippen molar-refractivity contribution < 1.29 is 0 Å². The summed E-state index contributed by atoms with van der Waals surface area (Å²) < 4.78 is 0. The molecule has 0 radical (unpaired) electrons. The van der Waals surface area contributed by atoms with Crippen LogP contribution in [0.2, 0.25) is 5.02 Å². The molecule has 1 fully saturated rings. The lowest BCUT2D eigenvalue weighted by Gasteiger charge is -2.41. The van der Waals surface area contributed by atoms with Crippen molar-refractivity contribution in [1.82, 2.24) is 21.0 Å². The second-order valence-electron chi connectivity index (χ2n) is 11.4. The summed E-state index contributed by atoms with van der Waals surface area (Å²) in [5.41, 5.74) is 9.93. The van der Waals surface area contributed by atoms with Crippen molar-refractivity contribution >= 4 is 33.9 Å². The van der Waals surface area contributed by atoms with Crippen LogP contribution < -0.4 is 21.6 Å². The van der Waals surface area contributed by atoms with Gasteiger partial charge in [-0.1, -0.05) is 50.6 Å². The molecule has 0 amide bonds. The summed E-state index contributed by atoms with van der Waals surface area (Å²) >= 11 is 6.67. The van der Waals surface area contributed by atoms with E-state index in [9.17, 15) is 15.8 Å². The number of nitrogens with zero attached hydrogens (tertiary/aromatic N) is 5. The Labute approximate surface area is 239 Å². The number of fused-ring (bicyclic) bond motifs is 1. The molecule has 10 heteroatoms. The molecule has 5 rings (SSSR count). The fourth-order valence-corrected chi connectivity index (χ4v) is 5.17. The molecule has 4 N–H and O–H groups in total. The molecule has 0 unspecified atom stereocenters. The van der Waals surface area contributed by atoms with Crippen LogP contribution in [0.15, 0.2) is 54.5 Å². The third-order valence-corrected chi connectivity index (χ3v) is 7.63. The number of hydrogen-bond donors (Lipinski definition) is 4. The Morgan fingerprint density at radius 3 is 2.50 bits per heavy atom. The zero-order valence-corrected chi connectivity index (χ0v) is 23.4. The molecule has 2 heterocycles. The van der Waals surface area contributed by atoms with E-state index in [1.54, 1.807) is 6.07 Å². The van der Waals surface area contributed by atoms with Gasteiger partial charge in [0.2, 0.25) is 0 Å². The number of pyridine rings is 1. The highest BCUT2D eigenvalue weighted by Gasteiger charge is 2.44. The lowest BCUT2D eigenvalue weighted by Crippen LogP contribution is -2.56. The van der Waals surface area contributed by atoms with Crippen LogP contribution in [0, 0.1) is 39.4 Å². The molecule has 0 spiro atoms. The number of hydrazine groups is 2. The lowest BCUT2D eigenvalue weighted by atomic mass is 9.77. The van der Waals surface area contributed by atoms with E-state index in [1.165, 1.54) is 6.20 Å². The first kappa shape index (κ1) is 27.1. The molecular weight excluding hydrogens is 522 g/mol. The van der Waals surface area contributed by atoms with Gasteiger partial charge in [-0.15, -0.1) is 5.53 Å². The van der Waals surface area contributed by atoms with E-state index in [-0.39, 0.29) is 5.41 Å². The third-order valence-electron chi connectivity index (χ3n) is 7.28. The largest absolute Gasteiger partial charge is 0.383 e. The molecule has 40 heavy (non-hydrogen) atoms. The summed E-state index contributed by atoms with van der Waals surface area (Å²) in [6.07, 6.45) is 5.97. The summed E-state index contributed by atoms with van der Waals surface area (Å²) in [6, 6.07) is 17.7. The average Bonchev–Trinajstić information content (AvgIpc) is 3.39. The molecule has 1 saturated carbocycles. The molecule has 2 aliphatic rings. The Morgan fingerprint density at radius 1 is 1.12 bits per heavy atom. The van der Waals surface area contributed by atoms with Gasteiger partial charge in [-0.25, -0.2) is 0 Å². The van der Waals surface area contributed by atoms with Gasteiger partial charge in [-0.3, -0.25) is 9.99 Å². The number of halogens is 1. The first-order chi connectivity index (χ1) is 19.2. The summed E-state index contributed by atoms with van der Waals surface area (Å²) in [7, 11) is 0. The van der Waals surface area contributed by atoms with E-state index in [4.69, 9.17) is 11.6 Å². The van der Waals surface area contributed by atoms with E-state index in [0.717, 1.165) is 30.5 Å². The van der Waals surface area contributed by atoms with Gasteiger partial charge in [0.15, 0.2) is 0 Å². The monoisotopic (exact) mass is 551 g/mol. The highest BCUT2D eigenvalue weighted by molar-refractivity contribution is 6.31. The quantitative estimate of drug-likeness (QED) is 0.285. The SMILES string of the molecule is CC(C)(C)CNc1c(C#N)cnc2c(C#N)cc(N[C@H](C3=CN(C4(C#N)CCC4)NN3)c3ccccc3Cl)cc12. The summed E-state index contributed by atoms with van der Waals surface area (Å²) in [6.45, 7) is 6.95. The second-order valence-corrected chi connectivity index (χ2v) is 11.8. The van der Waals surface area contributed by atoms with Gasteiger partial charge in [-0.2, -0.15) is 15.8 Å². The second kappa shape index (κ2) is 10.6. The van der Waals surface area contributed by atoms with Crippen LogP contribution in [0.1, 0.15) is 62.8 Å². The summed E-state index contributed by atoms with van der Waals surface area (Å²) in [5.74, 6) is 0. The molecular formula is C30H30ClN9. The van der Waals surface area contributed by atoms with Crippen molar-refractivity contribution in [3.63, 3.8) is 0 Å². The number of aromatic nitrogens is 1. The fourth-order valence-electron chi connectivity index (χ4n) is 4.92. The Bertz CT molecular complexity index is 1610. The van der Waals surface area contributed by atoms with Crippen LogP contribution in [0.3, 0.4) is 0 Å². The minimum Gasteiger partial charge on any atom is -0.383 e. The number of hydrogen-bond acceptors (Lipinski definition) is 9. The number of rotatable bonds is 7. The Kier molecular flexibility index (Phi) is 7.17. The third kappa shape index (κ3) is 5.08.